The van der Waals surface area contributed by atoms with E-state index in [1.54, 1.807) is 13.0 Å². The van der Waals surface area contributed by atoms with Crippen LogP contribution in [0.3, 0.4) is 0 Å². The van der Waals surface area contributed by atoms with E-state index in [-0.39, 0.29) is 11.6 Å². The minimum absolute atomic E-state index is 0.0539. The third kappa shape index (κ3) is 3.42. The topological polar surface area (TPSA) is 55.1 Å². The number of nitrogens with two attached hydrogens (primary N) is 1. The molecule has 0 saturated heterocycles. The number of rotatable bonds is 4. The van der Waals surface area contributed by atoms with Gasteiger partial charge in [0.05, 0.1) is 0 Å². The molecule has 1 atom stereocenters. The summed E-state index contributed by atoms with van der Waals surface area (Å²) in [6.07, 6.45) is 0. The molecular weight excluding hydrogens is 335 g/mol. The Balaban J connectivity index is 2.35. The van der Waals surface area contributed by atoms with Gasteiger partial charge in [0, 0.05) is 27.3 Å². The number of hydrogen-bond donors (Lipinski definition) is 2. The highest BCUT2D eigenvalue weighted by Gasteiger charge is 2.14. The van der Waals surface area contributed by atoms with Gasteiger partial charge < -0.3 is 11.1 Å². The molecule has 21 heavy (non-hydrogen) atoms. The maximum atomic E-state index is 13.9. The van der Waals surface area contributed by atoms with Gasteiger partial charge in [-0.1, -0.05) is 34.1 Å². The summed E-state index contributed by atoms with van der Waals surface area (Å²) in [5.74, 6) is -1.10. The van der Waals surface area contributed by atoms with Crippen molar-refractivity contribution in [1.82, 2.24) is 0 Å². The van der Waals surface area contributed by atoms with Crippen LogP contribution in [0.5, 0.6) is 0 Å². The van der Waals surface area contributed by atoms with Crippen molar-refractivity contribution < 1.29 is 9.18 Å². The van der Waals surface area contributed by atoms with E-state index in [0.29, 0.717) is 11.3 Å². The number of benzene rings is 2. The molecule has 0 heterocycles. The van der Waals surface area contributed by atoms with Gasteiger partial charge in [0.15, 0.2) is 0 Å². The monoisotopic (exact) mass is 350 g/mol. The van der Waals surface area contributed by atoms with Gasteiger partial charge in [-0.15, -0.1) is 0 Å². The second-order valence-electron chi connectivity index (χ2n) is 4.88. The molecule has 2 rings (SSSR count). The molecular formula is C16H16BrFN2O. The first-order valence-corrected chi connectivity index (χ1v) is 7.30. The average molecular weight is 351 g/mol. The van der Waals surface area contributed by atoms with Crippen LogP contribution in [0.1, 0.15) is 34.5 Å². The summed E-state index contributed by atoms with van der Waals surface area (Å²) >= 11 is 3.49. The smallest absolute Gasteiger partial charge is 0.248 e. The van der Waals surface area contributed by atoms with Crippen LogP contribution in [0.2, 0.25) is 0 Å². The van der Waals surface area contributed by atoms with Crippen molar-refractivity contribution in [2.75, 3.05) is 5.32 Å². The van der Waals surface area contributed by atoms with E-state index in [9.17, 15) is 9.18 Å². The molecule has 5 heteroatoms. The third-order valence-electron chi connectivity index (χ3n) is 3.37. The van der Waals surface area contributed by atoms with E-state index < -0.39 is 11.7 Å². The van der Waals surface area contributed by atoms with Crippen molar-refractivity contribution in [2.45, 2.75) is 19.9 Å². The number of carbonyl (C=O) groups is 1. The number of hydrogen-bond acceptors (Lipinski definition) is 2. The van der Waals surface area contributed by atoms with Gasteiger partial charge in [0.1, 0.15) is 5.82 Å². The fourth-order valence-electron chi connectivity index (χ4n) is 2.11. The maximum absolute atomic E-state index is 13.9. The summed E-state index contributed by atoms with van der Waals surface area (Å²) in [6, 6.07) is 10.5. The zero-order valence-corrected chi connectivity index (χ0v) is 13.4. The Morgan fingerprint density at radius 2 is 2.00 bits per heavy atom. The summed E-state index contributed by atoms with van der Waals surface area (Å²) < 4.78 is 14.8. The van der Waals surface area contributed by atoms with Gasteiger partial charge in [-0.3, -0.25) is 4.79 Å². The normalized spacial score (nSPS) is 12.0. The van der Waals surface area contributed by atoms with Crippen LogP contribution in [-0.4, -0.2) is 5.91 Å². The molecule has 2 aromatic rings. The predicted molar refractivity (Wildman–Crippen MR) is 85.8 cm³/mol. The molecule has 0 aliphatic heterocycles. The first kappa shape index (κ1) is 15.5. The average Bonchev–Trinajstić information content (AvgIpc) is 2.43. The highest BCUT2D eigenvalue weighted by molar-refractivity contribution is 9.10. The lowest BCUT2D eigenvalue weighted by Crippen LogP contribution is -2.14. The van der Waals surface area contributed by atoms with Crippen LogP contribution in [0.4, 0.5) is 10.1 Å². The van der Waals surface area contributed by atoms with E-state index in [1.165, 1.54) is 0 Å². The fraction of sp³-hybridized carbons (Fsp3) is 0.188. The molecule has 3 N–H and O–H groups in total. The summed E-state index contributed by atoms with van der Waals surface area (Å²) in [5, 5.41) is 3.23. The second kappa shape index (κ2) is 6.26. The number of amides is 1. The second-order valence-corrected chi connectivity index (χ2v) is 5.74. The van der Waals surface area contributed by atoms with Crippen molar-refractivity contribution in [2.24, 2.45) is 5.73 Å². The zero-order chi connectivity index (χ0) is 15.6. The number of nitrogens with one attached hydrogen (secondary N) is 1. The minimum Gasteiger partial charge on any atom is -0.378 e. The molecule has 0 spiro atoms. The van der Waals surface area contributed by atoms with Gasteiger partial charge in [-0.05, 0) is 37.6 Å². The van der Waals surface area contributed by atoms with Crippen LogP contribution in [0.25, 0.3) is 0 Å². The summed E-state index contributed by atoms with van der Waals surface area (Å²) in [4.78, 5) is 11.2. The molecule has 0 radical (unpaired) electrons. The highest BCUT2D eigenvalue weighted by atomic mass is 79.9. The molecule has 0 bridgehead atoms. The van der Waals surface area contributed by atoms with Crippen LogP contribution < -0.4 is 11.1 Å². The maximum Gasteiger partial charge on any atom is 0.248 e. The Morgan fingerprint density at radius 3 is 2.62 bits per heavy atom. The van der Waals surface area contributed by atoms with E-state index >= 15 is 0 Å². The number of primary amides is 1. The van der Waals surface area contributed by atoms with E-state index in [4.69, 9.17) is 5.73 Å². The van der Waals surface area contributed by atoms with Crippen LogP contribution in [-0.2, 0) is 0 Å². The fourth-order valence-corrected chi connectivity index (χ4v) is 2.74. The van der Waals surface area contributed by atoms with Crippen LogP contribution >= 0.6 is 15.9 Å². The molecule has 1 unspecified atom stereocenters. The Morgan fingerprint density at radius 1 is 1.33 bits per heavy atom. The molecule has 0 aromatic heterocycles. The zero-order valence-electron chi connectivity index (χ0n) is 11.8. The van der Waals surface area contributed by atoms with Crippen molar-refractivity contribution in [3.05, 3.63) is 63.4 Å². The lowest BCUT2D eigenvalue weighted by Gasteiger charge is -2.19. The van der Waals surface area contributed by atoms with Crippen molar-refractivity contribution in [3.63, 3.8) is 0 Å². The van der Waals surface area contributed by atoms with Gasteiger partial charge in [0.25, 0.3) is 0 Å². The predicted octanol–water partition coefficient (Wildman–Crippen LogP) is 4.17. The first-order chi connectivity index (χ1) is 9.90. The lowest BCUT2D eigenvalue weighted by molar-refractivity contribution is 0.1000. The minimum atomic E-state index is -0.648. The first-order valence-electron chi connectivity index (χ1n) is 6.51. The Kier molecular flexibility index (Phi) is 4.63. The Bertz CT molecular complexity index is 688. The number of halogens is 2. The van der Waals surface area contributed by atoms with Crippen LogP contribution in [0.15, 0.2) is 40.9 Å². The standard InChI is InChI=1S/C16H16BrFN2O/c1-9-14(18)7-11(16(19)21)8-15(9)20-10(2)12-5-3-4-6-13(12)17/h3-8,10,20H,1-2H3,(H2,19,21). The van der Waals surface area contributed by atoms with Gasteiger partial charge in [0.2, 0.25) is 5.91 Å². The van der Waals surface area contributed by atoms with Crippen molar-refractivity contribution in [1.29, 1.82) is 0 Å². The van der Waals surface area contributed by atoms with Crippen molar-refractivity contribution >= 4 is 27.5 Å². The molecule has 3 nitrogen and oxygen atoms in total. The number of anilines is 1. The van der Waals surface area contributed by atoms with Gasteiger partial charge in [-0.25, -0.2) is 4.39 Å². The highest BCUT2D eigenvalue weighted by Crippen LogP contribution is 2.28. The molecule has 0 saturated carbocycles. The summed E-state index contributed by atoms with van der Waals surface area (Å²) in [6.45, 7) is 3.63. The Hall–Kier alpha value is -1.88. The Labute approximate surface area is 131 Å². The molecule has 0 aliphatic carbocycles. The summed E-state index contributed by atoms with van der Waals surface area (Å²) in [5.41, 5.74) is 7.44. The molecule has 2 aromatic carbocycles. The van der Waals surface area contributed by atoms with E-state index in [1.807, 2.05) is 31.2 Å². The molecule has 110 valence electrons. The van der Waals surface area contributed by atoms with E-state index in [0.717, 1.165) is 16.1 Å². The quantitative estimate of drug-likeness (QED) is 0.869. The summed E-state index contributed by atoms with van der Waals surface area (Å²) in [7, 11) is 0. The number of carbonyl (C=O) groups excluding carboxylic acids is 1. The molecule has 1 amide bonds. The van der Waals surface area contributed by atoms with Gasteiger partial charge in [-0.2, -0.15) is 0 Å². The van der Waals surface area contributed by atoms with E-state index in [2.05, 4.69) is 21.2 Å². The third-order valence-corrected chi connectivity index (χ3v) is 4.09. The molecule has 0 fully saturated rings. The lowest BCUT2D eigenvalue weighted by atomic mass is 10.1. The SMILES string of the molecule is Cc1c(F)cc(C(N)=O)cc1NC(C)c1ccccc1Br. The van der Waals surface area contributed by atoms with Gasteiger partial charge >= 0.3 is 0 Å². The molecule has 0 aliphatic rings. The largest absolute Gasteiger partial charge is 0.378 e. The van der Waals surface area contributed by atoms with Crippen molar-refractivity contribution in [3.8, 4) is 0 Å². The van der Waals surface area contributed by atoms with Crippen LogP contribution in [0, 0.1) is 12.7 Å².